The van der Waals surface area contributed by atoms with Gasteiger partial charge in [0.2, 0.25) is 0 Å². The Morgan fingerprint density at radius 2 is 2.15 bits per heavy atom. The summed E-state index contributed by atoms with van der Waals surface area (Å²) in [6.07, 6.45) is 1.72. The molecule has 1 aromatic heterocycles. The molecule has 0 aliphatic rings. The molecule has 0 N–H and O–H groups in total. The van der Waals surface area contributed by atoms with E-state index in [4.69, 9.17) is 11.6 Å². The van der Waals surface area contributed by atoms with Gasteiger partial charge in [0.05, 0.1) is 25.7 Å². The van der Waals surface area contributed by atoms with E-state index in [1.165, 1.54) is 23.5 Å². The lowest BCUT2D eigenvalue weighted by Gasteiger charge is -2.02. The lowest BCUT2D eigenvalue weighted by molar-refractivity contribution is -0.384. The van der Waals surface area contributed by atoms with Crippen LogP contribution in [-0.4, -0.2) is 15.4 Å². The highest BCUT2D eigenvalue weighted by atomic mass is 35.5. The number of fused-ring (bicyclic) bond motifs is 1. The molecule has 3 aromatic rings. The van der Waals surface area contributed by atoms with Crippen LogP contribution in [-0.2, 0) is 6.54 Å². The molecule has 0 unspecified atom stereocenters. The average molecular weight is 388 g/mol. The van der Waals surface area contributed by atoms with Crippen LogP contribution >= 0.6 is 22.9 Å². The number of hydrogen-bond acceptors (Lipinski definition) is 4. The molecule has 0 spiro atoms. The molecule has 0 atom stereocenters. The molecule has 8 heteroatoms. The zero-order chi connectivity index (χ0) is 18.8. The second-order valence-corrected chi connectivity index (χ2v) is 7.01. The third kappa shape index (κ3) is 3.44. The lowest BCUT2D eigenvalue weighted by Crippen LogP contribution is -2.16. The number of aryl methyl sites for hydroxylation is 1. The van der Waals surface area contributed by atoms with Crippen molar-refractivity contribution in [2.75, 3.05) is 0 Å². The standard InChI is InChI=1S/C18H14ClN3O3S/c1-3-8-21-15-7-4-11(2)9-16(15)26-18(21)20-17(23)13-10-12(22(24)25)5-6-14(13)19/h3-7,9-10H,1,8H2,2H3. The zero-order valence-corrected chi connectivity index (χ0v) is 15.4. The Kier molecular flexibility index (Phi) is 5.01. The van der Waals surface area contributed by atoms with Crippen LogP contribution in [0.1, 0.15) is 15.9 Å². The van der Waals surface area contributed by atoms with Crippen LogP contribution in [0.25, 0.3) is 10.2 Å². The number of hydrogen-bond donors (Lipinski definition) is 0. The van der Waals surface area contributed by atoms with Crippen molar-refractivity contribution in [3.8, 4) is 0 Å². The summed E-state index contributed by atoms with van der Waals surface area (Å²) in [4.78, 5) is 27.6. The number of nitro groups is 1. The van der Waals surface area contributed by atoms with Gasteiger partial charge in [-0.2, -0.15) is 4.99 Å². The molecule has 0 radical (unpaired) electrons. The van der Waals surface area contributed by atoms with Crippen LogP contribution < -0.4 is 4.80 Å². The number of carbonyl (C=O) groups excluding carboxylic acids is 1. The first-order valence-electron chi connectivity index (χ1n) is 7.64. The van der Waals surface area contributed by atoms with Gasteiger partial charge in [0.15, 0.2) is 4.80 Å². The van der Waals surface area contributed by atoms with Crippen LogP contribution in [0.2, 0.25) is 5.02 Å². The number of amides is 1. The van der Waals surface area contributed by atoms with Gasteiger partial charge in [-0.05, 0) is 30.7 Å². The maximum absolute atomic E-state index is 12.6. The third-order valence-electron chi connectivity index (χ3n) is 3.74. The minimum atomic E-state index is -0.625. The number of halogens is 1. The molecule has 0 bridgehead atoms. The van der Waals surface area contributed by atoms with E-state index in [1.54, 1.807) is 6.08 Å². The summed E-state index contributed by atoms with van der Waals surface area (Å²) in [6, 6.07) is 9.69. The van der Waals surface area contributed by atoms with Crippen molar-refractivity contribution in [2.45, 2.75) is 13.5 Å². The number of thiazole rings is 1. The van der Waals surface area contributed by atoms with Gasteiger partial charge in [-0.15, -0.1) is 6.58 Å². The molecule has 1 amide bonds. The van der Waals surface area contributed by atoms with Gasteiger partial charge in [-0.3, -0.25) is 14.9 Å². The number of benzene rings is 2. The molecule has 26 heavy (non-hydrogen) atoms. The van der Waals surface area contributed by atoms with Crippen molar-refractivity contribution in [2.24, 2.45) is 4.99 Å². The molecule has 6 nitrogen and oxygen atoms in total. The predicted octanol–water partition coefficient (Wildman–Crippen LogP) is 4.50. The van der Waals surface area contributed by atoms with Gasteiger partial charge >= 0.3 is 0 Å². The Bertz CT molecular complexity index is 1110. The summed E-state index contributed by atoms with van der Waals surface area (Å²) in [6.45, 7) is 6.22. The van der Waals surface area contributed by atoms with Gasteiger partial charge in [-0.1, -0.05) is 35.1 Å². The molecular weight excluding hydrogens is 374 g/mol. The molecule has 0 aliphatic carbocycles. The number of carbonyl (C=O) groups is 1. The van der Waals surface area contributed by atoms with E-state index in [0.717, 1.165) is 21.8 Å². The van der Waals surface area contributed by atoms with Crippen molar-refractivity contribution >= 4 is 44.7 Å². The largest absolute Gasteiger partial charge is 0.312 e. The van der Waals surface area contributed by atoms with Crippen molar-refractivity contribution in [1.29, 1.82) is 0 Å². The highest BCUT2D eigenvalue weighted by Crippen LogP contribution is 2.23. The molecule has 3 rings (SSSR count). The van der Waals surface area contributed by atoms with Crippen LogP contribution in [0.15, 0.2) is 54.0 Å². The van der Waals surface area contributed by atoms with E-state index in [-0.39, 0.29) is 16.3 Å². The zero-order valence-electron chi connectivity index (χ0n) is 13.8. The Balaban J connectivity index is 2.17. The number of allylic oxidation sites excluding steroid dienone is 1. The summed E-state index contributed by atoms with van der Waals surface area (Å²) >= 11 is 7.41. The second kappa shape index (κ2) is 7.23. The summed E-state index contributed by atoms with van der Waals surface area (Å²) in [5, 5.41) is 11.1. The van der Waals surface area contributed by atoms with Crippen LogP contribution in [0.5, 0.6) is 0 Å². The van der Waals surface area contributed by atoms with Crippen LogP contribution in [0.4, 0.5) is 5.69 Å². The Morgan fingerprint density at radius 3 is 2.85 bits per heavy atom. The molecule has 2 aromatic carbocycles. The van der Waals surface area contributed by atoms with Gasteiger partial charge in [0.25, 0.3) is 11.6 Å². The van der Waals surface area contributed by atoms with Gasteiger partial charge in [0, 0.05) is 18.7 Å². The fraction of sp³-hybridized carbons (Fsp3) is 0.111. The van der Waals surface area contributed by atoms with Crippen LogP contribution in [0, 0.1) is 17.0 Å². The Hall–Kier alpha value is -2.77. The number of rotatable bonds is 4. The molecule has 0 saturated carbocycles. The summed E-state index contributed by atoms with van der Waals surface area (Å²) in [7, 11) is 0. The predicted molar refractivity (Wildman–Crippen MR) is 103 cm³/mol. The highest BCUT2D eigenvalue weighted by Gasteiger charge is 2.16. The molecule has 0 aliphatic heterocycles. The smallest absolute Gasteiger partial charge is 0.281 e. The van der Waals surface area contributed by atoms with Crippen molar-refractivity contribution in [3.05, 3.63) is 80.1 Å². The number of non-ortho nitro benzene ring substituents is 1. The van der Waals surface area contributed by atoms with Gasteiger partial charge in [0.1, 0.15) is 0 Å². The minimum absolute atomic E-state index is 0.000318. The normalized spacial score (nSPS) is 11.7. The monoisotopic (exact) mass is 387 g/mol. The van der Waals surface area contributed by atoms with E-state index in [0.29, 0.717) is 11.3 Å². The van der Waals surface area contributed by atoms with E-state index in [9.17, 15) is 14.9 Å². The first-order chi connectivity index (χ1) is 12.4. The van der Waals surface area contributed by atoms with E-state index < -0.39 is 10.8 Å². The highest BCUT2D eigenvalue weighted by molar-refractivity contribution is 7.16. The fourth-order valence-electron chi connectivity index (χ4n) is 2.51. The first kappa shape index (κ1) is 18.0. The first-order valence-corrected chi connectivity index (χ1v) is 8.84. The van der Waals surface area contributed by atoms with Gasteiger partial charge < -0.3 is 4.57 Å². The van der Waals surface area contributed by atoms with Gasteiger partial charge in [-0.25, -0.2) is 0 Å². The maximum Gasteiger partial charge on any atom is 0.281 e. The molecular formula is C18H14ClN3O3S. The summed E-state index contributed by atoms with van der Waals surface area (Å²) in [5.41, 5.74) is 1.83. The molecule has 0 saturated heterocycles. The number of nitro benzene ring substituents is 1. The third-order valence-corrected chi connectivity index (χ3v) is 5.11. The molecule has 132 valence electrons. The quantitative estimate of drug-likeness (QED) is 0.375. The van der Waals surface area contributed by atoms with Crippen molar-refractivity contribution < 1.29 is 9.72 Å². The van der Waals surface area contributed by atoms with E-state index >= 15 is 0 Å². The topological polar surface area (TPSA) is 77.5 Å². The average Bonchev–Trinajstić information content (AvgIpc) is 2.91. The molecule has 0 fully saturated rings. The number of aromatic nitrogens is 1. The van der Waals surface area contributed by atoms with Crippen molar-refractivity contribution in [1.82, 2.24) is 4.57 Å². The lowest BCUT2D eigenvalue weighted by atomic mass is 10.2. The Morgan fingerprint density at radius 1 is 1.38 bits per heavy atom. The maximum atomic E-state index is 12.6. The molecule has 1 heterocycles. The van der Waals surface area contributed by atoms with E-state index in [2.05, 4.69) is 11.6 Å². The summed E-state index contributed by atoms with van der Waals surface area (Å²) < 4.78 is 2.86. The minimum Gasteiger partial charge on any atom is -0.312 e. The second-order valence-electron chi connectivity index (χ2n) is 5.59. The van der Waals surface area contributed by atoms with Crippen LogP contribution in [0.3, 0.4) is 0 Å². The number of nitrogens with zero attached hydrogens (tertiary/aromatic N) is 3. The summed E-state index contributed by atoms with van der Waals surface area (Å²) in [5.74, 6) is -0.625. The SMILES string of the molecule is C=CCn1c(=NC(=O)c2cc([N+](=O)[O-])ccc2Cl)sc2cc(C)ccc21. The Labute approximate surface area is 157 Å². The van der Waals surface area contributed by atoms with Crippen molar-refractivity contribution in [3.63, 3.8) is 0 Å². The van der Waals surface area contributed by atoms with E-state index in [1.807, 2.05) is 29.7 Å². The fourth-order valence-corrected chi connectivity index (χ4v) is 3.84.